The van der Waals surface area contributed by atoms with Crippen LogP contribution >= 0.6 is 0 Å². The first-order valence-corrected chi connectivity index (χ1v) is 12.6. The summed E-state index contributed by atoms with van der Waals surface area (Å²) in [5, 5.41) is 13.0. The van der Waals surface area contributed by atoms with E-state index in [1.165, 1.54) is 0 Å². The number of imidazole rings is 1. The number of rotatable bonds is 7. The maximum atomic E-state index is 15.2. The van der Waals surface area contributed by atoms with E-state index in [2.05, 4.69) is 30.8 Å². The van der Waals surface area contributed by atoms with Crippen LogP contribution in [0.1, 0.15) is 49.9 Å². The highest BCUT2D eigenvalue weighted by atomic mass is 19.4. The van der Waals surface area contributed by atoms with Gasteiger partial charge in [-0.2, -0.15) is 18.3 Å². The molecule has 3 aromatic heterocycles. The van der Waals surface area contributed by atoms with Gasteiger partial charge in [0, 0.05) is 55.2 Å². The molecule has 3 N–H and O–H groups in total. The number of aromatic amines is 1. The fraction of sp³-hybridized carbons (Fsp3) is 0.583. The molecule has 3 atom stereocenters. The Labute approximate surface area is 215 Å². The third kappa shape index (κ3) is 5.00. The van der Waals surface area contributed by atoms with Crippen LogP contribution in [0.25, 0.3) is 5.65 Å². The minimum Gasteiger partial charge on any atom is -0.443 e. The summed E-state index contributed by atoms with van der Waals surface area (Å²) in [6, 6.07) is 3.39. The lowest BCUT2D eigenvalue weighted by Gasteiger charge is -2.39. The molecule has 0 aromatic carbocycles. The lowest BCUT2D eigenvalue weighted by Crippen LogP contribution is -2.52. The molecule has 0 spiro atoms. The Kier molecular flexibility index (Phi) is 5.96. The molecule has 0 bridgehead atoms. The summed E-state index contributed by atoms with van der Waals surface area (Å²) in [7, 11) is 0. The van der Waals surface area contributed by atoms with Gasteiger partial charge in [0.15, 0.2) is 5.82 Å². The number of fused-ring (bicyclic) bond motifs is 1. The number of carbonyl (C=O) groups is 1. The van der Waals surface area contributed by atoms with Crippen LogP contribution in [0.4, 0.5) is 34.1 Å². The van der Waals surface area contributed by atoms with Gasteiger partial charge in [-0.25, -0.2) is 19.2 Å². The van der Waals surface area contributed by atoms with Gasteiger partial charge in [0.05, 0.1) is 11.6 Å². The van der Waals surface area contributed by atoms with Gasteiger partial charge in [-0.05, 0) is 38.7 Å². The van der Waals surface area contributed by atoms with E-state index in [9.17, 15) is 18.0 Å². The third-order valence-electron chi connectivity index (χ3n) is 7.64. The van der Waals surface area contributed by atoms with Crippen molar-refractivity contribution in [1.29, 1.82) is 0 Å². The molecule has 0 unspecified atom stereocenters. The third-order valence-corrected chi connectivity index (χ3v) is 7.64. The van der Waals surface area contributed by atoms with E-state index >= 15 is 4.39 Å². The van der Waals surface area contributed by atoms with Gasteiger partial charge >= 0.3 is 12.3 Å². The molecular weight excluding hydrogens is 508 g/mol. The van der Waals surface area contributed by atoms with Crippen LogP contribution in [-0.2, 0) is 11.3 Å². The van der Waals surface area contributed by atoms with Gasteiger partial charge < -0.3 is 15.4 Å². The number of alkyl carbamates (subject to hydrolysis) is 1. The molecular formula is C24H28F4N8O2. The van der Waals surface area contributed by atoms with E-state index in [1.807, 2.05) is 6.92 Å². The van der Waals surface area contributed by atoms with Crippen LogP contribution < -0.4 is 10.6 Å². The van der Waals surface area contributed by atoms with Crippen molar-refractivity contribution in [2.24, 2.45) is 5.92 Å². The molecule has 204 valence electrons. The van der Waals surface area contributed by atoms with Crippen molar-refractivity contribution in [2.75, 3.05) is 18.4 Å². The molecule has 3 aliphatic rings. The van der Waals surface area contributed by atoms with Crippen molar-refractivity contribution >= 4 is 23.5 Å². The van der Waals surface area contributed by atoms with E-state index in [1.54, 1.807) is 33.8 Å². The molecule has 3 aromatic rings. The number of ether oxygens (including phenoxy) is 1. The Hall–Kier alpha value is -3.42. The number of likely N-dealkylation sites (tertiary alicyclic amines) is 1. The average molecular weight is 537 g/mol. The average Bonchev–Trinajstić information content (AvgIpc) is 3.17. The minimum atomic E-state index is -4.17. The monoisotopic (exact) mass is 536 g/mol. The number of hydrogen-bond acceptors (Lipinski definition) is 7. The molecule has 3 fully saturated rings. The number of carbonyl (C=O) groups excluding carboxylic acids is 1. The van der Waals surface area contributed by atoms with E-state index in [4.69, 9.17) is 4.74 Å². The Morgan fingerprint density at radius 1 is 1.29 bits per heavy atom. The molecule has 38 heavy (non-hydrogen) atoms. The normalized spacial score (nSPS) is 25.3. The van der Waals surface area contributed by atoms with Crippen LogP contribution in [0, 0.1) is 5.92 Å². The number of alkyl halides is 4. The molecule has 1 aliphatic heterocycles. The van der Waals surface area contributed by atoms with E-state index in [0.717, 1.165) is 12.8 Å². The number of H-pyrrole nitrogens is 1. The fourth-order valence-electron chi connectivity index (χ4n) is 5.08. The van der Waals surface area contributed by atoms with Gasteiger partial charge in [-0.3, -0.25) is 14.4 Å². The first-order chi connectivity index (χ1) is 18.1. The van der Waals surface area contributed by atoms with Crippen LogP contribution in [0.2, 0.25) is 0 Å². The van der Waals surface area contributed by atoms with E-state index in [0.29, 0.717) is 48.2 Å². The van der Waals surface area contributed by atoms with Crippen molar-refractivity contribution in [1.82, 2.24) is 34.8 Å². The van der Waals surface area contributed by atoms with E-state index < -0.39 is 36.4 Å². The molecule has 2 saturated carbocycles. The van der Waals surface area contributed by atoms with Gasteiger partial charge in [-0.1, -0.05) is 0 Å². The quantitative estimate of drug-likeness (QED) is 0.391. The summed E-state index contributed by atoms with van der Waals surface area (Å²) in [4.78, 5) is 22.6. The lowest BCUT2D eigenvalue weighted by atomic mass is 10.00. The van der Waals surface area contributed by atoms with Crippen LogP contribution in [0.5, 0.6) is 0 Å². The summed E-state index contributed by atoms with van der Waals surface area (Å²) in [6.45, 7) is 2.16. The van der Waals surface area contributed by atoms with Gasteiger partial charge in [0.1, 0.15) is 17.9 Å². The van der Waals surface area contributed by atoms with Crippen molar-refractivity contribution < 1.29 is 27.1 Å². The molecule has 1 amide bonds. The summed E-state index contributed by atoms with van der Waals surface area (Å²) in [6.07, 6.45) is -0.951. The van der Waals surface area contributed by atoms with E-state index in [-0.39, 0.29) is 18.6 Å². The summed E-state index contributed by atoms with van der Waals surface area (Å²) in [5.41, 5.74) is 1.56. The zero-order valence-corrected chi connectivity index (χ0v) is 20.6. The topological polar surface area (TPSA) is 112 Å². The van der Waals surface area contributed by atoms with Crippen LogP contribution in [0.15, 0.2) is 24.5 Å². The highest BCUT2D eigenvalue weighted by Crippen LogP contribution is 2.39. The standard InChI is InChI=1S/C24H28F4N8O2/c1-23(5-6-23)32-22(37)38-17-3-2-15(20(17)25)16-8-18(34-33-16)31-21-29-7-4-19-30-14(12-36(19)21)11-35-9-13(10-35)24(26,27)28/h4,7-8,12-13,15,17,20H,2-3,5-6,9-11H2,1H3,(H,32,37)(H2,29,31,33,34)/t15-,17-,20-/m1/s1. The summed E-state index contributed by atoms with van der Waals surface area (Å²) in [5.74, 6) is -0.956. The first-order valence-electron chi connectivity index (χ1n) is 12.6. The summed E-state index contributed by atoms with van der Waals surface area (Å²) >= 11 is 0. The highest BCUT2D eigenvalue weighted by molar-refractivity contribution is 5.69. The number of hydrogen-bond donors (Lipinski definition) is 3. The number of halogens is 4. The Morgan fingerprint density at radius 3 is 2.82 bits per heavy atom. The lowest BCUT2D eigenvalue weighted by molar-refractivity contribution is -0.210. The number of nitrogens with zero attached hydrogens (tertiary/aromatic N) is 5. The van der Waals surface area contributed by atoms with Crippen molar-refractivity contribution in [3.05, 3.63) is 35.9 Å². The molecule has 6 rings (SSSR count). The van der Waals surface area contributed by atoms with Crippen LogP contribution in [-0.4, -0.2) is 72.6 Å². The molecule has 14 heteroatoms. The minimum absolute atomic E-state index is 0.0382. The second-order valence-electron chi connectivity index (χ2n) is 10.8. The number of nitrogens with one attached hydrogen (secondary N) is 3. The van der Waals surface area contributed by atoms with Crippen molar-refractivity contribution in [3.8, 4) is 0 Å². The fourth-order valence-corrected chi connectivity index (χ4v) is 5.08. The van der Waals surface area contributed by atoms with Gasteiger partial charge in [0.2, 0.25) is 5.95 Å². The second-order valence-corrected chi connectivity index (χ2v) is 10.8. The molecule has 1 saturated heterocycles. The maximum absolute atomic E-state index is 15.2. The Bertz CT molecular complexity index is 1330. The smallest absolute Gasteiger partial charge is 0.407 e. The summed E-state index contributed by atoms with van der Waals surface area (Å²) < 4.78 is 60.5. The van der Waals surface area contributed by atoms with Gasteiger partial charge in [0.25, 0.3) is 0 Å². The Balaban J connectivity index is 1.08. The second kappa shape index (κ2) is 9.10. The largest absolute Gasteiger partial charge is 0.443 e. The predicted molar refractivity (Wildman–Crippen MR) is 128 cm³/mol. The molecule has 2 aliphatic carbocycles. The number of anilines is 2. The molecule has 0 radical (unpaired) electrons. The van der Waals surface area contributed by atoms with Crippen LogP contribution in [0.3, 0.4) is 0 Å². The molecule has 4 heterocycles. The Morgan fingerprint density at radius 2 is 2.08 bits per heavy atom. The van der Waals surface area contributed by atoms with Crippen molar-refractivity contribution in [2.45, 2.75) is 69.1 Å². The van der Waals surface area contributed by atoms with Crippen molar-refractivity contribution in [3.63, 3.8) is 0 Å². The predicted octanol–water partition coefficient (Wildman–Crippen LogP) is 4.05. The SMILES string of the molecule is CC1(NC(=O)O[C@@H]2CC[C@H](c3cc(Nc4nccc5nc(CN6CC(C(F)(F)F)C6)cn45)n[nH]3)[C@H]2F)CC1. The zero-order valence-electron chi connectivity index (χ0n) is 20.6. The van der Waals surface area contributed by atoms with Gasteiger partial charge in [-0.15, -0.1) is 0 Å². The first kappa shape index (κ1) is 24.9. The number of amides is 1. The molecule has 10 nitrogen and oxygen atoms in total. The zero-order chi connectivity index (χ0) is 26.7. The number of aromatic nitrogens is 5. The maximum Gasteiger partial charge on any atom is 0.407 e. The highest BCUT2D eigenvalue weighted by Gasteiger charge is 2.47.